The molecule has 5 rings (SSSR count). The zero-order valence-corrected chi connectivity index (χ0v) is 25.7. The third-order valence-corrected chi connectivity index (χ3v) is 9.08. The topological polar surface area (TPSA) is 64.8 Å². The summed E-state index contributed by atoms with van der Waals surface area (Å²) in [5.74, 6) is 0.0933. The number of halogens is 1. The molecule has 0 saturated carbocycles. The highest BCUT2D eigenvalue weighted by atomic mass is 127. The van der Waals surface area contributed by atoms with Crippen molar-refractivity contribution in [2.45, 2.75) is 57.7 Å². The first-order valence-corrected chi connectivity index (χ1v) is 15.5. The van der Waals surface area contributed by atoms with Crippen molar-refractivity contribution in [1.82, 2.24) is 19.6 Å². The van der Waals surface area contributed by atoms with Gasteiger partial charge in [-0.15, -0.1) is 0 Å². The summed E-state index contributed by atoms with van der Waals surface area (Å²) in [6, 6.07) is 13.2. The highest BCUT2D eigenvalue weighted by Gasteiger charge is 2.28. The van der Waals surface area contributed by atoms with Gasteiger partial charge in [-0.25, -0.2) is 0 Å². The second-order valence-electron chi connectivity index (χ2n) is 11.2. The van der Waals surface area contributed by atoms with Crippen molar-refractivity contribution in [2.75, 3.05) is 44.2 Å². The molecule has 208 valence electrons. The Kier molecular flexibility index (Phi) is 8.63. The maximum absolute atomic E-state index is 12.2. The zero-order chi connectivity index (χ0) is 27.7. The molecule has 0 aliphatic carbocycles. The minimum Gasteiger partial charge on any atom is -0.390 e. The quantitative estimate of drug-likeness (QED) is 0.304. The number of alkyl halides is 1. The Labute approximate surface area is 245 Å². The van der Waals surface area contributed by atoms with Crippen molar-refractivity contribution in [1.29, 1.82) is 0 Å². The molecule has 1 atom stereocenters. The summed E-state index contributed by atoms with van der Waals surface area (Å²) in [7, 11) is 0. The molecule has 1 fully saturated rings. The highest BCUT2D eigenvalue weighted by Crippen LogP contribution is 2.32. The van der Waals surface area contributed by atoms with Crippen molar-refractivity contribution in [3.63, 3.8) is 0 Å². The molecule has 7 nitrogen and oxygen atoms in total. The summed E-state index contributed by atoms with van der Waals surface area (Å²) in [6.45, 7) is 14.3. The summed E-state index contributed by atoms with van der Waals surface area (Å²) in [4.78, 5) is 18.9. The van der Waals surface area contributed by atoms with Crippen LogP contribution in [-0.2, 0) is 28.7 Å². The van der Waals surface area contributed by atoms with E-state index in [1.54, 1.807) is 6.92 Å². The molecular formula is C31H40IN5O2. The van der Waals surface area contributed by atoms with E-state index in [4.69, 9.17) is 5.10 Å². The van der Waals surface area contributed by atoms with E-state index in [-0.39, 0.29) is 5.91 Å². The number of aromatic nitrogens is 2. The van der Waals surface area contributed by atoms with E-state index in [2.05, 4.69) is 89.6 Å². The summed E-state index contributed by atoms with van der Waals surface area (Å²) in [5.41, 5.74) is 10.8. The Morgan fingerprint density at radius 3 is 2.44 bits per heavy atom. The van der Waals surface area contributed by atoms with E-state index in [1.807, 2.05) is 9.58 Å². The summed E-state index contributed by atoms with van der Waals surface area (Å²) in [6.07, 6.45) is 0.247. The molecule has 8 heteroatoms. The van der Waals surface area contributed by atoms with Crippen LogP contribution in [0.1, 0.15) is 40.4 Å². The van der Waals surface area contributed by atoms with Crippen LogP contribution in [0.25, 0.3) is 11.3 Å². The number of hydrogen-bond acceptors (Lipinski definition) is 5. The fourth-order valence-corrected chi connectivity index (χ4v) is 6.88. The number of carbonyl (C=O) groups excluding carboxylic acids is 1. The smallest absolute Gasteiger partial charge is 0.219 e. The first kappa shape index (κ1) is 28.1. The predicted octanol–water partition coefficient (Wildman–Crippen LogP) is 4.50. The van der Waals surface area contributed by atoms with Crippen molar-refractivity contribution in [2.24, 2.45) is 0 Å². The number of carbonyl (C=O) groups is 1. The molecule has 1 amide bonds. The van der Waals surface area contributed by atoms with Gasteiger partial charge in [-0.3, -0.25) is 14.4 Å². The van der Waals surface area contributed by atoms with E-state index in [0.29, 0.717) is 26.2 Å². The molecule has 1 unspecified atom stereocenters. The maximum Gasteiger partial charge on any atom is 0.219 e. The van der Waals surface area contributed by atoms with Crippen molar-refractivity contribution in [3.05, 3.63) is 69.9 Å². The number of amides is 1. The maximum atomic E-state index is 12.2. The van der Waals surface area contributed by atoms with Crippen LogP contribution >= 0.6 is 22.6 Å². The Bertz CT molecular complexity index is 1340. The molecule has 0 spiro atoms. The van der Waals surface area contributed by atoms with Gasteiger partial charge in [0.05, 0.1) is 18.3 Å². The molecule has 3 aromatic rings. The molecule has 1 N–H and O–H groups in total. The number of β-amino-alcohol motifs (C(OH)–C–C–N with tert-alkyl or cyclic N) is 1. The predicted molar refractivity (Wildman–Crippen MR) is 165 cm³/mol. The molecule has 2 aliphatic heterocycles. The van der Waals surface area contributed by atoms with Crippen LogP contribution in [0, 0.1) is 20.8 Å². The van der Waals surface area contributed by atoms with Gasteiger partial charge in [0, 0.05) is 86.1 Å². The molecule has 0 bridgehead atoms. The largest absolute Gasteiger partial charge is 0.390 e. The lowest BCUT2D eigenvalue weighted by Crippen LogP contribution is -2.49. The number of aliphatic hydroxyl groups is 1. The van der Waals surface area contributed by atoms with Gasteiger partial charge in [0.25, 0.3) is 0 Å². The average Bonchev–Trinajstić information content (AvgIpc) is 3.26. The number of benzene rings is 2. The van der Waals surface area contributed by atoms with Crippen LogP contribution in [0.15, 0.2) is 36.4 Å². The highest BCUT2D eigenvalue weighted by molar-refractivity contribution is 14.1. The van der Waals surface area contributed by atoms with Gasteiger partial charge >= 0.3 is 0 Å². The summed E-state index contributed by atoms with van der Waals surface area (Å²) in [5, 5.41) is 16.2. The molecule has 2 aliphatic rings. The first-order chi connectivity index (χ1) is 18.7. The minimum atomic E-state index is -0.511. The minimum absolute atomic E-state index is 0.0933. The number of piperazine rings is 1. The Morgan fingerprint density at radius 2 is 1.77 bits per heavy atom. The van der Waals surface area contributed by atoms with Crippen LogP contribution in [0.3, 0.4) is 0 Å². The molecule has 3 heterocycles. The number of rotatable bonds is 7. The number of aryl methyl sites for hydroxylation is 3. The Balaban J connectivity index is 1.29. The van der Waals surface area contributed by atoms with Crippen LogP contribution in [0.4, 0.5) is 5.69 Å². The van der Waals surface area contributed by atoms with E-state index < -0.39 is 6.10 Å². The van der Waals surface area contributed by atoms with Crippen LogP contribution < -0.4 is 4.90 Å². The fraction of sp³-hybridized carbons (Fsp3) is 0.484. The third-order valence-electron chi connectivity index (χ3n) is 8.26. The van der Waals surface area contributed by atoms with Crippen LogP contribution in [0.2, 0.25) is 0 Å². The first-order valence-electron chi connectivity index (χ1n) is 14.0. The average molecular weight is 642 g/mol. The molecule has 0 radical (unpaired) electrons. The number of aliphatic hydroxyl groups excluding tert-OH is 1. The standard InChI is InChI=1S/C31H40IN5O2/c1-21-5-8-29(23(3)15-21)35-13-11-34(12-14-35)18-27(39)19-37-30-9-10-36(24(4)38)20-28(30)31(33-37)25-6-7-26(17-32)22(2)16-25/h5-8,15-16,27,39H,9-14,17-20H2,1-4H3. The van der Waals surface area contributed by atoms with Gasteiger partial charge in [0.2, 0.25) is 5.91 Å². The van der Waals surface area contributed by atoms with E-state index >= 15 is 0 Å². The lowest BCUT2D eigenvalue weighted by atomic mass is 9.98. The van der Waals surface area contributed by atoms with Crippen molar-refractivity contribution >= 4 is 34.2 Å². The summed E-state index contributed by atoms with van der Waals surface area (Å²) < 4.78 is 2.99. The lowest BCUT2D eigenvalue weighted by Gasteiger charge is -2.37. The fourth-order valence-electron chi connectivity index (χ4n) is 6.02. The van der Waals surface area contributed by atoms with Crippen molar-refractivity contribution in [3.8, 4) is 11.3 Å². The number of fused-ring (bicyclic) bond motifs is 1. The third kappa shape index (κ3) is 6.18. The molecule has 1 saturated heterocycles. The van der Waals surface area contributed by atoms with Crippen molar-refractivity contribution < 1.29 is 9.90 Å². The normalized spacial score (nSPS) is 16.9. The second-order valence-corrected chi connectivity index (χ2v) is 11.9. The molecule has 2 aromatic carbocycles. The van der Waals surface area contributed by atoms with E-state index in [9.17, 15) is 9.90 Å². The number of hydrogen-bond donors (Lipinski definition) is 1. The molecular weight excluding hydrogens is 601 g/mol. The van der Waals surface area contributed by atoms with Gasteiger partial charge in [-0.05, 0) is 49.6 Å². The van der Waals surface area contributed by atoms with Gasteiger partial charge < -0.3 is 14.9 Å². The van der Waals surface area contributed by atoms with Gasteiger partial charge in [0.1, 0.15) is 0 Å². The van der Waals surface area contributed by atoms with Crippen LogP contribution in [-0.4, -0.2) is 76.0 Å². The second kappa shape index (κ2) is 12.0. The number of anilines is 1. The van der Waals surface area contributed by atoms with Gasteiger partial charge in [-0.1, -0.05) is 52.4 Å². The Morgan fingerprint density at radius 1 is 1.00 bits per heavy atom. The molecule has 1 aromatic heterocycles. The Hall–Kier alpha value is -2.43. The van der Waals surface area contributed by atoms with Gasteiger partial charge in [-0.2, -0.15) is 5.10 Å². The monoisotopic (exact) mass is 641 g/mol. The SMILES string of the molecule is CC(=O)N1CCc2c(c(-c3ccc(CI)c(C)c3)nn2CC(O)CN2CCN(c3ccc(C)cc3C)CC2)C1. The van der Waals surface area contributed by atoms with Gasteiger partial charge in [0.15, 0.2) is 0 Å². The van der Waals surface area contributed by atoms with E-state index in [1.165, 1.54) is 27.9 Å². The summed E-state index contributed by atoms with van der Waals surface area (Å²) >= 11 is 2.40. The van der Waals surface area contributed by atoms with Crippen LogP contribution in [0.5, 0.6) is 0 Å². The van der Waals surface area contributed by atoms with E-state index in [0.717, 1.165) is 59.5 Å². The molecule has 39 heavy (non-hydrogen) atoms. The zero-order valence-electron chi connectivity index (χ0n) is 23.6. The number of nitrogens with zero attached hydrogens (tertiary/aromatic N) is 5. The lowest BCUT2D eigenvalue weighted by molar-refractivity contribution is -0.129.